The van der Waals surface area contributed by atoms with E-state index in [0.29, 0.717) is 6.54 Å². The maximum atomic E-state index is 11.9. The molecule has 0 bridgehead atoms. The second kappa shape index (κ2) is 7.48. The summed E-state index contributed by atoms with van der Waals surface area (Å²) in [6.07, 6.45) is 0.840. The van der Waals surface area contributed by atoms with Crippen LogP contribution in [0.15, 0.2) is 54.6 Å². The lowest BCUT2D eigenvalue weighted by molar-refractivity contribution is 0.238. The van der Waals surface area contributed by atoms with Crippen LogP contribution in [0.5, 0.6) is 0 Å². The van der Waals surface area contributed by atoms with Gasteiger partial charge in [-0.1, -0.05) is 54.6 Å². The fourth-order valence-electron chi connectivity index (χ4n) is 2.36. The number of nitrogens with one attached hydrogen (secondary N) is 2. The van der Waals surface area contributed by atoms with Crippen molar-refractivity contribution < 1.29 is 4.79 Å². The molecule has 1 atom stereocenters. The molecule has 3 nitrogen and oxygen atoms in total. The zero-order valence-electron chi connectivity index (χ0n) is 12.6. The molecule has 0 radical (unpaired) electrons. The average Bonchev–Trinajstić information content (AvgIpc) is 2.48. The van der Waals surface area contributed by atoms with E-state index in [1.807, 2.05) is 43.3 Å². The molecule has 0 saturated carbocycles. The fourth-order valence-corrected chi connectivity index (χ4v) is 2.36. The van der Waals surface area contributed by atoms with Crippen molar-refractivity contribution in [1.82, 2.24) is 10.6 Å². The van der Waals surface area contributed by atoms with Crippen LogP contribution >= 0.6 is 0 Å². The number of benzene rings is 2. The molecule has 2 aromatic carbocycles. The van der Waals surface area contributed by atoms with E-state index in [4.69, 9.17) is 0 Å². The lowest BCUT2D eigenvalue weighted by Crippen LogP contribution is -2.38. The Morgan fingerprint density at radius 1 is 1.05 bits per heavy atom. The molecule has 2 rings (SSSR count). The van der Waals surface area contributed by atoms with Gasteiger partial charge >= 0.3 is 6.03 Å². The highest BCUT2D eigenvalue weighted by atomic mass is 16.2. The van der Waals surface area contributed by atoms with E-state index in [1.54, 1.807) is 0 Å². The molecule has 0 aromatic heterocycles. The van der Waals surface area contributed by atoms with Crippen molar-refractivity contribution in [3.05, 3.63) is 71.3 Å². The average molecular weight is 282 g/mol. The molecule has 0 aliphatic rings. The molecule has 110 valence electrons. The second-order valence-electron chi connectivity index (χ2n) is 5.21. The van der Waals surface area contributed by atoms with Crippen molar-refractivity contribution in [2.45, 2.75) is 26.3 Å². The minimum absolute atomic E-state index is 0.00271. The van der Waals surface area contributed by atoms with E-state index in [-0.39, 0.29) is 12.1 Å². The minimum Gasteiger partial charge on any atom is -0.338 e. The molecule has 0 spiro atoms. The standard InChI is InChI=1S/C18H22N2O/c1-14-8-6-7-11-17(14)15(2)20-18(21)19-13-12-16-9-4-3-5-10-16/h3-11,15H,12-13H2,1-2H3,(H2,19,20,21)/t15-/m1/s1. The zero-order chi connectivity index (χ0) is 15.1. The normalized spacial score (nSPS) is 11.7. The van der Waals surface area contributed by atoms with Gasteiger partial charge in [0.1, 0.15) is 0 Å². The Morgan fingerprint density at radius 2 is 1.71 bits per heavy atom. The second-order valence-corrected chi connectivity index (χ2v) is 5.21. The van der Waals surface area contributed by atoms with Crippen LogP contribution < -0.4 is 10.6 Å². The monoisotopic (exact) mass is 282 g/mol. The third kappa shape index (κ3) is 4.63. The predicted octanol–water partition coefficient (Wildman–Crippen LogP) is 3.60. The summed E-state index contributed by atoms with van der Waals surface area (Å²) >= 11 is 0. The fraction of sp³-hybridized carbons (Fsp3) is 0.278. The Bertz CT molecular complexity index is 581. The van der Waals surface area contributed by atoms with Crippen LogP contribution in [-0.4, -0.2) is 12.6 Å². The summed E-state index contributed by atoms with van der Waals surface area (Å²) in [7, 11) is 0. The van der Waals surface area contributed by atoms with Gasteiger partial charge in [0, 0.05) is 6.54 Å². The van der Waals surface area contributed by atoms with Crippen molar-refractivity contribution in [3.8, 4) is 0 Å². The van der Waals surface area contributed by atoms with E-state index in [2.05, 4.69) is 35.8 Å². The largest absolute Gasteiger partial charge is 0.338 e. The third-order valence-electron chi connectivity index (χ3n) is 3.54. The SMILES string of the molecule is Cc1ccccc1[C@@H](C)NC(=O)NCCc1ccccc1. The molecule has 0 saturated heterocycles. The Morgan fingerprint density at radius 3 is 2.43 bits per heavy atom. The molecule has 0 unspecified atom stereocenters. The van der Waals surface area contributed by atoms with Crippen LogP contribution in [0, 0.1) is 6.92 Å². The maximum absolute atomic E-state index is 11.9. The number of carbonyl (C=O) groups excluding carboxylic acids is 1. The summed E-state index contributed by atoms with van der Waals surface area (Å²) < 4.78 is 0. The van der Waals surface area contributed by atoms with E-state index in [1.165, 1.54) is 11.1 Å². The highest BCUT2D eigenvalue weighted by molar-refractivity contribution is 5.74. The van der Waals surface area contributed by atoms with Gasteiger partial charge in [0.25, 0.3) is 0 Å². The van der Waals surface area contributed by atoms with Crippen LogP contribution in [-0.2, 0) is 6.42 Å². The van der Waals surface area contributed by atoms with E-state index in [9.17, 15) is 4.79 Å². The lowest BCUT2D eigenvalue weighted by atomic mass is 10.0. The van der Waals surface area contributed by atoms with Gasteiger partial charge in [0.15, 0.2) is 0 Å². The molecule has 21 heavy (non-hydrogen) atoms. The number of urea groups is 1. The summed E-state index contributed by atoms with van der Waals surface area (Å²) in [5.41, 5.74) is 3.56. The van der Waals surface area contributed by atoms with Crippen molar-refractivity contribution in [3.63, 3.8) is 0 Å². The highest BCUT2D eigenvalue weighted by Gasteiger charge is 2.10. The Hall–Kier alpha value is -2.29. The summed E-state index contributed by atoms with van der Waals surface area (Å²) in [5, 5.41) is 5.87. The number of rotatable bonds is 5. The molecule has 3 heteroatoms. The number of hydrogen-bond donors (Lipinski definition) is 2. The van der Waals surface area contributed by atoms with Crippen molar-refractivity contribution >= 4 is 6.03 Å². The van der Waals surface area contributed by atoms with Gasteiger partial charge in [-0.15, -0.1) is 0 Å². The summed E-state index contributed by atoms with van der Waals surface area (Å²) in [5.74, 6) is 0. The van der Waals surface area contributed by atoms with Crippen LogP contribution in [0.25, 0.3) is 0 Å². The van der Waals surface area contributed by atoms with Gasteiger partial charge in [-0.2, -0.15) is 0 Å². The van der Waals surface area contributed by atoms with Crippen molar-refractivity contribution in [2.24, 2.45) is 0 Å². The van der Waals surface area contributed by atoms with Gasteiger partial charge in [0.2, 0.25) is 0 Å². The smallest absolute Gasteiger partial charge is 0.315 e. The lowest BCUT2D eigenvalue weighted by Gasteiger charge is -2.17. The first-order chi connectivity index (χ1) is 10.2. The van der Waals surface area contributed by atoms with Gasteiger partial charge in [-0.05, 0) is 37.0 Å². The Kier molecular flexibility index (Phi) is 5.38. The van der Waals surface area contributed by atoms with Crippen molar-refractivity contribution in [1.29, 1.82) is 0 Å². The molecule has 0 aliphatic carbocycles. The van der Waals surface area contributed by atoms with Crippen LogP contribution in [0.3, 0.4) is 0 Å². The minimum atomic E-state index is -0.123. The Balaban J connectivity index is 1.78. The summed E-state index contributed by atoms with van der Waals surface area (Å²) in [4.78, 5) is 11.9. The topological polar surface area (TPSA) is 41.1 Å². The van der Waals surface area contributed by atoms with Gasteiger partial charge in [0.05, 0.1) is 6.04 Å². The predicted molar refractivity (Wildman–Crippen MR) is 86.3 cm³/mol. The van der Waals surface area contributed by atoms with Crippen LogP contribution in [0.4, 0.5) is 4.79 Å². The quantitative estimate of drug-likeness (QED) is 0.864. The van der Waals surface area contributed by atoms with E-state index < -0.39 is 0 Å². The molecule has 2 amide bonds. The van der Waals surface area contributed by atoms with Crippen molar-refractivity contribution in [2.75, 3.05) is 6.54 Å². The molecule has 0 heterocycles. The first-order valence-corrected chi connectivity index (χ1v) is 7.30. The molecule has 2 N–H and O–H groups in total. The molecular formula is C18H22N2O. The number of aryl methyl sites for hydroxylation is 1. The van der Waals surface area contributed by atoms with E-state index in [0.717, 1.165) is 12.0 Å². The summed E-state index contributed by atoms with van der Waals surface area (Å²) in [6, 6.07) is 18.1. The van der Waals surface area contributed by atoms with Crippen LogP contribution in [0.1, 0.15) is 29.7 Å². The van der Waals surface area contributed by atoms with Gasteiger partial charge < -0.3 is 10.6 Å². The van der Waals surface area contributed by atoms with Crippen LogP contribution in [0.2, 0.25) is 0 Å². The molecule has 0 fully saturated rings. The molecule has 2 aromatic rings. The maximum Gasteiger partial charge on any atom is 0.315 e. The van der Waals surface area contributed by atoms with Gasteiger partial charge in [-0.3, -0.25) is 0 Å². The number of carbonyl (C=O) groups is 1. The Labute approximate surface area is 126 Å². The molecule has 0 aliphatic heterocycles. The number of amides is 2. The highest BCUT2D eigenvalue weighted by Crippen LogP contribution is 2.16. The molecular weight excluding hydrogens is 260 g/mol. The third-order valence-corrected chi connectivity index (χ3v) is 3.54. The zero-order valence-corrected chi connectivity index (χ0v) is 12.6. The number of hydrogen-bond acceptors (Lipinski definition) is 1. The van der Waals surface area contributed by atoms with Gasteiger partial charge in [-0.25, -0.2) is 4.79 Å². The van der Waals surface area contributed by atoms with E-state index >= 15 is 0 Å². The summed E-state index contributed by atoms with van der Waals surface area (Å²) in [6.45, 7) is 4.69. The first-order valence-electron chi connectivity index (χ1n) is 7.30. The first kappa shape index (κ1) is 15.1.